The molecule has 0 aliphatic rings. The van der Waals surface area contributed by atoms with Crippen LogP contribution >= 0.6 is 0 Å². The normalized spacial score (nSPS) is 0. The molecule has 0 spiro atoms. The molecule has 0 aliphatic heterocycles. The van der Waals surface area contributed by atoms with Crippen molar-refractivity contribution < 1.29 is 57.3 Å². The Bertz CT molecular complexity index is 8.00. The molecule has 0 heterocycles. The minimum atomic E-state index is 0. The van der Waals surface area contributed by atoms with Gasteiger partial charge in [0, 0.05) is 57.3 Å². The minimum Gasteiger partial charge on any atom is 0 e. The van der Waals surface area contributed by atoms with Crippen molar-refractivity contribution in [1.29, 1.82) is 0 Å². The third kappa shape index (κ3) is 8.84. The Hall–Kier alpha value is 2.35. The number of rotatable bonds is 0. The molecule has 0 nitrogen and oxygen atoms in total. The second-order valence-electron chi connectivity index (χ2n) is 0. The van der Waals surface area contributed by atoms with Crippen molar-refractivity contribution >= 4 is 17.4 Å². The van der Waals surface area contributed by atoms with Gasteiger partial charge in [-0.25, -0.2) is 0 Å². The summed E-state index contributed by atoms with van der Waals surface area (Å²) in [5.41, 5.74) is 0. The summed E-state index contributed by atoms with van der Waals surface area (Å²) in [6.45, 7) is 0. The number of hydrogen-bond donors (Lipinski definition) is 0. The Morgan fingerprint density at radius 1 is 1.00 bits per heavy atom. The molecule has 0 aromatic heterocycles. The smallest absolute Gasteiger partial charge is 0 e. The van der Waals surface area contributed by atoms with Crippen molar-refractivity contribution in [3.05, 3.63) is 0 Å². The summed E-state index contributed by atoms with van der Waals surface area (Å²) in [5.74, 6) is 0. The second kappa shape index (κ2) is 18.3. The van der Waals surface area contributed by atoms with Crippen molar-refractivity contribution in [3.8, 4) is 0 Å². The zero-order valence-corrected chi connectivity index (χ0v) is 5.36. The Kier molecular flexibility index (Phi) is 151. The average molecular weight is 185 g/mol. The zero-order valence-electron chi connectivity index (χ0n) is 1.30. The van der Waals surface area contributed by atoms with Gasteiger partial charge in [0.2, 0.25) is 0 Å². The molecule has 0 saturated heterocycles. The van der Waals surface area contributed by atoms with E-state index in [0.29, 0.717) is 0 Å². The summed E-state index contributed by atoms with van der Waals surface area (Å²) in [6.07, 6.45) is 0. The largest absolute Gasteiger partial charge is 0.187 e. The van der Waals surface area contributed by atoms with Gasteiger partial charge in [-0.3, -0.25) is 0 Å². The van der Waals surface area contributed by atoms with E-state index >= 15 is 0 Å². The molecular weight excluding hydrogens is 182 g/mol. The molecule has 0 atom stereocenters. The summed E-state index contributed by atoms with van der Waals surface area (Å²) in [5, 5.41) is 0. The van der Waals surface area contributed by atoms with Crippen LogP contribution in [0.1, 0.15) is 0 Å². The third-order valence-corrected chi connectivity index (χ3v) is 0. The van der Waals surface area contributed by atoms with Crippen molar-refractivity contribution in [2.75, 3.05) is 0 Å². The Balaban J connectivity index is 0. The summed E-state index contributed by atoms with van der Waals surface area (Å²) in [6, 6.07) is 0. The maximum absolute atomic E-state index is 0. The molecule has 4 heteroatoms. The quantitative estimate of drug-likeness (QED) is 0.416. The fourth-order valence-electron chi connectivity index (χ4n) is 0. The van der Waals surface area contributed by atoms with E-state index in [1.54, 1.807) is 0 Å². The molecule has 0 aromatic rings. The summed E-state index contributed by atoms with van der Waals surface area (Å²) in [7, 11) is 0. The SMILES string of the molecule is [AlH3].[Fe].[Ti].[V]. The van der Waals surface area contributed by atoms with Crippen LogP contribution in [0.15, 0.2) is 0 Å². The van der Waals surface area contributed by atoms with E-state index in [-0.39, 0.29) is 74.7 Å². The van der Waals surface area contributed by atoms with Crippen molar-refractivity contribution in [3.63, 3.8) is 0 Å². The van der Waals surface area contributed by atoms with E-state index in [1.807, 2.05) is 0 Å². The topological polar surface area (TPSA) is 0 Å². The van der Waals surface area contributed by atoms with E-state index in [4.69, 9.17) is 0 Å². The number of hydrogen-bond acceptors (Lipinski definition) is 0. The molecule has 0 bridgehead atoms. The molecule has 0 fully saturated rings. The minimum absolute atomic E-state index is 0. The van der Waals surface area contributed by atoms with Crippen LogP contribution in [0.3, 0.4) is 0 Å². The first-order valence-corrected chi connectivity index (χ1v) is 0. The van der Waals surface area contributed by atoms with Gasteiger partial charge in [0.05, 0.1) is 0 Å². The van der Waals surface area contributed by atoms with Crippen LogP contribution < -0.4 is 0 Å². The molecule has 0 unspecified atom stereocenters. The van der Waals surface area contributed by atoms with Crippen LogP contribution in [-0.4, -0.2) is 17.4 Å². The molecule has 0 amide bonds. The van der Waals surface area contributed by atoms with Gasteiger partial charge >= 0.3 is 0 Å². The predicted molar refractivity (Wildman–Crippen MR) is 9.94 cm³/mol. The van der Waals surface area contributed by atoms with Crippen LogP contribution in [0.5, 0.6) is 0 Å². The first-order chi connectivity index (χ1) is 0. The summed E-state index contributed by atoms with van der Waals surface area (Å²) < 4.78 is 0. The van der Waals surface area contributed by atoms with Gasteiger partial charge in [0.1, 0.15) is 0 Å². The summed E-state index contributed by atoms with van der Waals surface area (Å²) in [4.78, 5) is 0. The van der Waals surface area contributed by atoms with E-state index < -0.39 is 0 Å². The van der Waals surface area contributed by atoms with Crippen LogP contribution in [0, 0.1) is 0 Å². The zero-order chi connectivity index (χ0) is 0. The van der Waals surface area contributed by atoms with Crippen LogP contribution in [0.2, 0.25) is 0 Å². The van der Waals surface area contributed by atoms with Gasteiger partial charge in [0.25, 0.3) is 0 Å². The Labute approximate surface area is 73.9 Å². The molecule has 0 N–H and O–H groups in total. The fraction of sp³-hybridized carbons (Fsp3) is 0. The third-order valence-electron chi connectivity index (χ3n) is 0. The molecule has 0 saturated carbocycles. The second-order valence-corrected chi connectivity index (χ2v) is 0. The summed E-state index contributed by atoms with van der Waals surface area (Å²) >= 11 is 0. The van der Waals surface area contributed by atoms with E-state index in [9.17, 15) is 0 Å². The van der Waals surface area contributed by atoms with Crippen molar-refractivity contribution in [2.45, 2.75) is 0 Å². The van der Waals surface area contributed by atoms with Gasteiger partial charge in [-0.15, -0.1) is 0 Å². The maximum atomic E-state index is 0. The van der Waals surface area contributed by atoms with Crippen LogP contribution in [0.4, 0.5) is 0 Å². The first kappa shape index (κ1) is 32.9. The fourth-order valence-corrected chi connectivity index (χ4v) is 0. The molecule has 1 radical (unpaired) electrons. The first-order valence-electron chi connectivity index (χ1n) is 0. The molecule has 0 aliphatic carbocycles. The molecule has 4 heavy (non-hydrogen) atoms. The van der Waals surface area contributed by atoms with E-state index in [0.717, 1.165) is 0 Å². The monoisotopic (exact) mass is 185 g/mol. The predicted octanol–water partition coefficient (Wildman–Crippen LogP) is -1.19. The van der Waals surface area contributed by atoms with Gasteiger partial charge in [-0.1, -0.05) is 0 Å². The van der Waals surface area contributed by atoms with Gasteiger partial charge < -0.3 is 0 Å². The van der Waals surface area contributed by atoms with E-state index in [1.165, 1.54) is 0 Å². The molecule has 23 valence electrons. The van der Waals surface area contributed by atoms with Crippen molar-refractivity contribution in [1.82, 2.24) is 0 Å². The molecule has 0 rings (SSSR count). The Morgan fingerprint density at radius 2 is 1.00 bits per heavy atom. The Morgan fingerprint density at radius 3 is 1.00 bits per heavy atom. The van der Waals surface area contributed by atoms with Crippen molar-refractivity contribution in [2.24, 2.45) is 0 Å². The molecule has 0 aromatic carbocycles. The average Bonchev–Trinajstić information content (AvgIpc) is 0. The molecular formula is H3AlFeTiV. The van der Waals surface area contributed by atoms with Gasteiger partial charge in [-0.2, -0.15) is 0 Å². The van der Waals surface area contributed by atoms with E-state index in [2.05, 4.69) is 0 Å². The van der Waals surface area contributed by atoms with Gasteiger partial charge in [0.15, 0.2) is 17.4 Å². The van der Waals surface area contributed by atoms with Crippen LogP contribution in [0.25, 0.3) is 0 Å². The van der Waals surface area contributed by atoms with Gasteiger partial charge in [-0.05, 0) is 0 Å². The van der Waals surface area contributed by atoms with Crippen LogP contribution in [-0.2, 0) is 57.3 Å². The standard InChI is InChI=1S/Al.Fe.Ti.V.3H. The maximum Gasteiger partial charge on any atom is 0.187 e.